The topological polar surface area (TPSA) is 67.6 Å². The molecule has 0 saturated carbocycles. The zero-order chi connectivity index (χ0) is 13.8. The zero-order valence-corrected chi connectivity index (χ0v) is 12.4. The number of nitrogens with zero attached hydrogens (tertiary/aromatic N) is 3. The van der Waals surface area contributed by atoms with Crippen LogP contribution in [0, 0.1) is 0 Å². The van der Waals surface area contributed by atoms with E-state index in [4.69, 9.17) is 4.74 Å². The highest BCUT2D eigenvalue weighted by molar-refractivity contribution is 9.09. The molecule has 106 valence electrons. The summed E-state index contributed by atoms with van der Waals surface area (Å²) in [5, 5.41) is 14.0. The lowest BCUT2D eigenvalue weighted by molar-refractivity contribution is 0.121. The first kappa shape index (κ1) is 14.5. The Morgan fingerprint density at radius 2 is 2.47 bits per heavy atom. The Labute approximate surface area is 120 Å². The van der Waals surface area contributed by atoms with Crippen molar-refractivity contribution in [3.63, 3.8) is 0 Å². The van der Waals surface area contributed by atoms with Crippen molar-refractivity contribution in [1.29, 1.82) is 0 Å². The van der Waals surface area contributed by atoms with E-state index >= 15 is 0 Å². The lowest BCUT2D eigenvalue weighted by atomic mass is 10.3. The molecule has 0 spiro atoms. The highest BCUT2D eigenvalue weighted by Gasteiger charge is 2.22. The number of aromatic nitrogens is 2. The summed E-state index contributed by atoms with van der Waals surface area (Å²) in [6, 6.07) is 1.56. The second-order valence-corrected chi connectivity index (χ2v) is 5.28. The van der Waals surface area contributed by atoms with Crippen LogP contribution in [0.3, 0.4) is 0 Å². The van der Waals surface area contributed by atoms with Crippen molar-refractivity contribution >= 4 is 21.6 Å². The van der Waals surface area contributed by atoms with Crippen LogP contribution < -0.4 is 10.5 Å². The molecule has 2 heterocycles. The summed E-state index contributed by atoms with van der Waals surface area (Å²) in [5.41, 5.74) is 0.618. The molecule has 6 nitrogen and oxygen atoms in total. The highest BCUT2D eigenvalue weighted by Crippen LogP contribution is 2.19. The fourth-order valence-electron chi connectivity index (χ4n) is 2.14. The van der Waals surface area contributed by atoms with Gasteiger partial charge in [-0.05, 0) is 6.42 Å². The summed E-state index contributed by atoms with van der Waals surface area (Å²) >= 11 is 3.16. The molecule has 1 aliphatic rings. The number of hydrogen-bond donors (Lipinski definition) is 1. The predicted octanol–water partition coefficient (Wildman–Crippen LogP) is 0.224. The second-order valence-electron chi connectivity index (χ2n) is 4.63. The molecule has 0 amide bonds. The minimum atomic E-state index is -0.610. The molecule has 7 heteroatoms. The van der Waals surface area contributed by atoms with Gasteiger partial charge in [0, 0.05) is 31.6 Å². The number of anilines is 1. The molecule has 2 rings (SSSR count). The Morgan fingerprint density at radius 3 is 3.05 bits per heavy atom. The number of hydrogen-bond acceptors (Lipinski definition) is 5. The summed E-state index contributed by atoms with van der Waals surface area (Å²) in [4.78, 5) is 14.0. The highest BCUT2D eigenvalue weighted by atomic mass is 79.9. The lowest BCUT2D eigenvalue weighted by Gasteiger charge is -2.18. The zero-order valence-electron chi connectivity index (χ0n) is 10.8. The molecule has 1 fully saturated rings. The maximum atomic E-state index is 11.9. The Bertz CT molecular complexity index is 480. The molecule has 1 N–H and O–H groups in total. The van der Waals surface area contributed by atoms with Crippen molar-refractivity contribution in [2.45, 2.75) is 25.2 Å². The molecule has 19 heavy (non-hydrogen) atoms. The van der Waals surface area contributed by atoms with Crippen LogP contribution in [-0.2, 0) is 11.3 Å². The van der Waals surface area contributed by atoms with E-state index in [1.807, 2.05) is 0 Å². The van der Waals surface area contributed by atoms with E-state index in [0.717, 1.165) is 25.2 Å². The van der Waals surface area contributed by atoms with Crippen LogP contribution in [0.2, 0.25) is 0 Å². The number of aliphatic hydroxyl groups excluding tert-OH is 1. The summed E-state index contributed by atoms with van der Waals surface area (Å²) in [5.74, 6) is 0. The molecule has 0 bridgehead atoms. The SMILES string of the molecule is COC1CCN(c2cnn(CC(O)CBr)c(=O)c2)C1. The fraction of sp³-hybridized carbons (Fsp3) is 0.667. The van der Waals surface area contributed by atoms with Crippen molar-refractivity contribution in [3.8, 4) is 0 Å². The van der Waals surface area contributed by atoms with E-state index < -0.39 is 6.10 Å². The summed E-state index contributed by atoms with van der Waals surface area (Å²) in [6.45, 7) is 1.85. The van der Waals surface area contributed by atoms with Crippen LogP contribution in [0.5, 0.6) is 0 Å². The molecule has 1 saturated heterocycles. The smallest absolute Gasteiger partial charge is 0.268 e. The van der Waals surface area contributed by atoms with Crippen LogP contribution in [0.25, 0.3) is 0 Å². The normalized spacial score (nSPS) is 20.8. The van der Waals surface area contributed by atoms with Crippen LogP contribution in [-0.4, -0.2) is 52.6 Å². The van der Waals surface area contributed by atoms with Gasteiger partial charge in [-0.15, -0.1) is 0 Å². The van der Waals surface area contributed by atoms with Gasteiger partial charge in [-0.3, -0.25) is 4.79 Å². The molecule has 2 atom stereocenters. The predicted molar refractivity (Wildman–Crippen MR) is 75.9 cm³/mol. The fourth-order valence-corrected chi connectivity index (χ4v) is 2.34. The summed E-state index contributed by atoms with van der Waals surface area (Å²) in [6.07, 6.45) is 2.24. The van der Waals surface area contributed by atoms with Gasteiger partial charge in [0.15, 0.2) is 0 Å². The van der Waals surface area contributed by atoms with Gasteiger partial charge in [-0.1, -0.05) is 15.9 Å². The number of methoxy groups -OCH3 is 1. The molecule has 0 aromatic carbocycles. The molecule has 2 unspecified atom stereocenters. The molecule has 1 aliphatic heterocycles. The maximum absolute atomic E-state index is 11.9. The van der Waals surface area contributed by atoms with E-state index in [9.17, 15) is 9.90 Å². The van der Waals surface area contributed by atoms with Gasteiger partial charge >= 0.3 is 0 Å². The molecule has 1 aromatic rings. The average Bonchev–Trinajstić information content (AvgIpc) is 2.89. The number of halogens is 1. The van der Waals surface area contributed by atoms with Crippen molar-refractivity contribution in [2.75, 3.05) is 30.4 Å². The van der Waals surface area contributed by atoms with Gasteiger partial charge in [0.2, 0.25) is 0 Å². The van der Waals surface area contributed by atoms with Gasteiger partial charge in [0.25, 0.3) is 5.56 Å². The third-order valence-corrected chi connectivity index (χ3v) is 4.01. The third-order valence-electron chi connectivity index (χ3n) is 3.26. The first-order valence-corrected chi connectivity index (χ1v) is 7.35. The molecular formula is C12H18BrN3O3. The quantitative estimate of drug-likeness (QED) is 0.782. The second kappa shape index (κ2) is 6.49. The number of ether oxygens (including phenoxy) is 1. The Morgan fingerprint density at radius 1 is 1.68 bits per heavy atom. The Balaban J connectivity index is 2.09. The average molecular weight is 332 g/mol. The number of alkyl halides is 1. The summed E-state index contributed by atoms with van der Waals surface area (Å²) in [7, 11) is 1.70. The largest absolute Gasteiger partial charge is 0.390 e. The van der Waals surface area contributed by atoms with E-state index in [1.165, 1.54) is 4.68 Å². The first-order valence-electron chi connectivity index (χ1n) is 6.23. The van der Waals surface area contributed by atoms with Gasteiger partial charge < -0.3 is 14.7 Å². The Kier molecular flexibility index (Phi) is 4.95. The van der Waals surface area contributed by atoms with Crippen molar-refractivity contribution < 1.29 is 9.84 Å². The van der Waals surface area contributed by atoms with Crippen LogP contribution >= 0.6 is 15.9 Å². The Hall–Kier alpha value is -0.920. The van der Waals surface area contributed by atoms with Crippen molar-refractivity contribution in [3.05, 3.63) is 22.6 Å². The standard InChI is InChI=1S/C12H18BrN3O3/c1-19-11-2-3-15(8-11)9-4-12(18)16(14-6-9)7-10(17)5-13/h4,6,10-11,17H,2-3,5,7-8H2,1H3. The minimum absolute atomic E-state index is 0.196. The minimum Gasteiger partial charge on any atom is -0.390 e. The van der Waals surface area contributed by atoms with E-state index in [-0.39, 0.29) is 18.2 Å². The number of aliphatic hydroxyl groups is 1. The van der Waals surface area contributed by atoms with Gasteiger partial charge in [0.1, 0.15) is 0 Å². The molecular weight excluding hydrogens is 314 g/mol. The number of rotatable bonds is 5. The third kappa shape index (κ3) is 3.55. The monoisotopic (exact) mass is 331 g/mol. The van der Waals surface area contributed by atoms with Crippen molar-refractivity contribution in [2.24, 2.45) is 0 Å². The van der Waals surface area contributed by atoms with Crippen LogP contribution in [0.1, 0.15) is 6.42 Å². The maximum Gasteiger partial charge on any atom is 0.268 e. The van der Waals surface area contributed by atoms with Gasteiger partial charge in [-0.25, -0.2) is 4.68 Å². The van der Waals surface area contributed by atoms with Gasteiger partial charge in [0.05, 0.1) is 30.6 Å². The van der Waals surface area contributed by atoms with E-state index in [1.54, 1.807) is 19.4 Å². The lowest BCUT2D eigenvalue weighted by Crippen LogP contribution is -2.31. The first-order chi connectivity index (χ1) is 9.13. The van der Waals surface area contributed by atoms with Crippen molar-refractivity contribution in [1.82, 2.24) is 9.78 Å². The molecule has 0 radical (unpaired) electrons. The van der Waals surface area contributed by atoms with E-state index in [2.05, 4.69) is 25.9 Å². The van der Waals surface area contributed by atoms with Gasteiger partial charge in [-0.2, -0.15) is 5.10 Å². The summed E-state index contributed by atoms with van der Waals surface area (Å²) < 4.78 is 6.58. The van der Waals surface area contributed by atoms with Crippen LogP contribution in [0.15, 0.2) is 17.1 Å². The molecule has 0 aliphatic carbocycles. The molecule has 1 aromatic heterocycles. The van der Waals surface area contributed by atoms with Crippen LogP contribution in [0.4, 0.5) is 5.69 Å². The van der Waals surface area contributed by atoms with E-state index in [0.29, 0.717) is 5.33 Å².